The van der Waals surface area contributed by atoms with Gasteiger partial charge >= 0.3 is 0 Å². The summed E-state index contributed by atoms with van der Waals surface area (Å²) in [6.07, 6.45) is 7.36. The quantitative estimate of drug-likeness (QED) is 0.654. The van der Waals surface area contributed by atoms with Crippen LogP contribution >= 0.6 is 22.7 Å². The Morgan fingerprint density at radius 1 is 1.00 bits per heavy atom. The molecule has 94 valence electrons. The third-order valence-corrected chi connectivity index (χ3v) is 6.20. The minimum Gasteiger partial charge on any atom is -0.149 e. The Bertz CT molecular complexity index is 499. The Hall–Kier alpha value is -0.860. The van der Waals surface area contributed by atoms with Gasteiger partial charge in [0.15, 0.2) is 0 Å². The predicted molar refractivity (Wildman–Crippen MR) is 82.7 cm³/mol. The average molecular weight is 274 g/mol. The third kappa shape index (κ3) is 2.45. The molecule has 0 unspecified atom stereocenters. The molecule has 0 radical (unpaired) electrons. The summed E-state index contributed by atoms with van der Waals surface area (Å²) in [4.78, 5) is 4.46. The van der Waals surface area contributed by atoms with Crippen LogP contribution in [0.5, 0.6) is 0 Å². The topological polar surface area (TPSA) is 0 Å². The molecule has 0 nitrogen and oxygen atoms in total. The van der Waals surface area contributed by atoms with Gasteiger partial charge in [0.1, 0.15) is 0 Å². The third-order valence-electron chi connectivity index (χ3n) is 3.92. The lowest BCUT2D eigenvalue weighted by molar-refractivity contribution is 0.403. The molecule has 0 N–H and O–H groups in total. The van der Waals surface area contributed by atoms with E-state index in [0.29, 0.717) is 0 Å². The molecule has 1 aliphatic rings. The minimum absolute atomic E-state index is 0.792. The SMILES string of the molecule is C=Cc1ccc(C2CCC(c3cccs3)CC2)s1. The zero-order valence-electron chi connectivity index (χ0n) is 10.5. The monoisotopic (exact) mass is 274 g/mol. The molecule has 0 aromatic carbocycles. The van der Waals surface area contributed by atoms with Crippen molar-refractivity contribution in [2.24, 2.45) is 0 Å². The normalized spacial score (nSPS) is 24.0. The first kappa shape index (κ1) is 12.2. The van der Waals surface area contributed by atoms with Gasteiger partial charge in [0.05, 0.1) is 0 Å². The first-order valence-corrected chi connectivity index (χ1v) is 8.32. The van der Waals surface area contributed by atoms with Gasteiger partial charge in [-0.2, -0.15) is 0 Å². The molecule has 0 aliphatic heterocycles. The molecule has 0 spiro atoms. The van der Waals surface area contributed by atoms with Crippen molar-refractivity contribution in [3.8, 4) is 0 Å². The van der Waals surface area contributed by atoms with Gasteiger partial charge in [-0.3, -0.25) is 0 Å². The molecular formula is C16H18S2. The van der Waals surface area contributed by atoms with Crippen molar-refractivity contribution in [3.63, 3.8) is 0 Å². The van der Waals surface area contributed by atoms with Crippen LogP contribution in [0.2, 0.25) is 0 Å². The zero-order valence-corrected chi connectivity index (χ0v) is 12.1. The van der Waals surface area contributed by atoms with E-state index < -0.39 is 0 Å². The van der Waals surface area contributed by atoms with Gasteiger partial charge in [-0.1, -0.05) is 18.7 Å². The van der Waals surface area contributed by atoms with Gasteiger partial charge in [-0.05, 0) is 61.1 Å². The van der Waals surface area contributed by atoms with Crippen molar-refractivity contribution < 1.29 is 0 Å². The van der Waals surface area contributed by atoms with Crippen molar-refractivity contribution >= 4 is 28.7 Å². The lowest BCUT2D eigenvalue weighted by atomic mass is 9.81. The number of thiophene rings is 2. The van der Waals surface area contributed by atoms with Crippen molar-refractivity contribution in [1.29, 1.82) is 0 Å². The minimum atomic E-state index is 0.792. The van der Waals surface area contributed by atoms with Crippen LogP contribution in [-0.4, -0.2) is 0 Å². The second kappa shape index (κ2) is 5.41. The van der Waals surface area contributed by atoms with E-state index in [1.54, 1.807) is 9.75 Å². The molecule has 0 bridgehead atoms. The molecule has 2 aromatic heterocycles. The molecule has 1 fully saturated rings. The number of hydrogen-bond acceptors (Lipinski definition) is 2. The van der Waals surface area contributed by atoms with Crippen LogP contribution in [0.4, 0.5) is 0 Å². The summed E-state index contributed by atoms with van der Waals surface area (Å²) in [6.45, 7) is 3.85. The highest BCUT2D eigenvalue weighted by Crippen LogP contribution is 2.43. The lowest BCUT2D eigenvalue weighted by Gasteiger charge is -2.27. The molecule has 1 saturated carbocycles. The highest BCUT2D eigenvalue weighted by atomic mass is 32.1. The largest absolute Gasteiger partial charge is 0.149 e. The van der Waals surface area contributed by atoms with Crippen LogP contribution in [0.3, 0.4) is 0 Å². The standard InChI is InChI=1S/C16H18S2/c1-2-14-9-10-16(18-14)13-7-5-12(6-8-13)15-4-3-11-17-15/h2-4,9-13H,1,5-8H2. The average Bonchev–Trinajstić information content (AvgIpc) is 3.10. The van der Waals surface area contributed by atoms with Crippen molar-refractivity contribution in [1.82, 2.24) is 0 Å². The summed E-state index contributed by atoms with van der Waals surface area (Å²) in [5.74, 6) is 1.61. The summed E-state index contributed by atoms with van der Waals surface area (Å²) >= 11 is 3.85. The molecule has 0 atom stereocenters. The molecule has 2 heteroatoms. The van der Waals surface area contributed by atoms with E-state index in [9.17, 15) is 0 Å². The Balaban J connectivity index is 1.64. The predicted octanol–water partition coefficient (Wildman–Crippen LogP) is 5.89. The van der Waals surface area contributed by atoms with Gasteiger partial charge in [0.25, 0.3) is 0 Å². The fraction of sp³-hybridized carbons (Fsp3) is 0.375. The second-order valence-electron chi connectivity index (χ2n) is 5.01. The van der Waals surface area contributed by atoms with Gasteiger partial charge < -0.3 is 0 Å². The first-order valence-electron chi connectivity index (χ1n) is 6.62. The molecule has 0 amide bonds. The Labute approximate surface area is 117 Å². The van der Waals surface area contributed by atoms with Crippen LogP contribution < -0.4 is 0 Å². The maximum Gasteiger partial charge on any atom is 0.0267 e. The Morgan fingerprint density at radius 2 is 1.72 bits per heavy atom. The van der Waals surface area contributed by atoms with Gasteiger partial charge in [0, 0.05) is 14.6 Å². The highest BCUT2D eigenvalue weighted by molar-refractivity contribution is 7.13. The fourth-order valence-electron chi connectivity index (χ4n) is 2.88. The Morgan fingerprint density at radius 3 is 2.28 bits per heavy atom. The van der Waals surface area contributed by atoms with Crippen LogP contribution in [0.25, 0.3) is 6.08 Å². The molecular weight excluding hydrogens is 256 g/mol. The van der Waals surface area contributed by atoms with Gasteiger partial charge in [-0.15, -0.1) is 22.7 Å². The molecule has 18 heavy (non-hydrogen) atoms. The first-order chi connectivity index (χ1) is 8.86. The van der Waals surface area contributed by atoms with E-state index in [1.807, 2.05) is 28.7 Å². The summed E-state index contributed by atoms with van der Waals surface area (Å²) in [5.41, 5.74) is 0. The maximum absolute atomic E-state index is 3.85. The van der Waals surface area contributed by atoms with Crippen LogP contribution in [0.1, 0.15) is 52.2 Å². The Kier molecular flexibility index (Phi) is 3.67. The number of rotatable bonds is 3. The summed E-state index contributed by atoms with van der Waals surface area (Å²) in [5, 5.41) is 2.21. The van der Waals surface area contributed by atoms with Crippen LogP contribution in [0.15, 0.2) is 36.2 Å². The molecule has 3 rings (SSSR count). The van der Waals surface area contributed by atoms with E-state index >= 15 is 0 Å². The second-order valence-corrected chi connectivity index (χ2v) is 7.13. The van der Waals surface area contributed by atoms with E-state index in [1.165, 1.54) is 30.6 Å². The van der Waals surface area contributed by atoms with Crippen molar-refractivity contribution in [2.75, 3.05) is 0 Å². The zero-order chi connectivity index (χ0) is 12.4. The molecule has 1 aliphatic carbocycles. The van der Waals surface area contributed by atoms with E-state index in [0.717, 1.165) is 11.8 Å². The molecule has 2 heterocycles. The summed E-state index contributed by atoms with van der Waals surface area (Å²) in [7, 11) is 0. The van der Waals surface area contributed by atoms with E-state index in [2.05, 4.69) is 36.2 Å². The fourth-order valence-corrected chi connectivity index (χ4v) is 4.81. The van der Waals surface area contributed by atoms with Gasteiger partial charge in [-0.25, -0.2) is 0 Å². The smallest absolute Gasteiger partial charge is 0.0267 e. The van der Waals surface area contributed by atoms with Crippen LogP contribution in [0, 0.1) is 0 Å². The lowest BCUT2D eigenvalue weighted by Crippen LogP contribution is -2.10. The van der Waals surface area contributed by atoms with Crippen LogP contribution in [-0.2, 0) is 0 Å². The highest BCUT2D eigenvalue weighted by Gasteiger charge is 2.24. The summed E-state index contributed by atoms with van der Waals surface area (Å²) in [6, 6.07) is 8.99. The van der Waals surface area contributed by atoms with Gasteiger partial charge in [0.2, 0.25) is 0 Å². The van der Waals surface area contributed by atoms with E-state index in [-0.39, 0.29) is 0 Å². The molecule has 2 aromatic rings. The number of hydrogen-bond donors (Lipinski definition) is 0. The molecule has 0 saturated heterocycles. The van der Waals surface area contributed by atoms with Crippen molar-refractivity contribution in [2.45, 2.75) is 37.5 Å². The maximum atomic E-state index is 3.85. The van der Waals surface area contributed by atoms with E-state index in [4.69, 9.17) is 0 Å². The van der Waals surface area contributed by atoms with Crippen molar-refractivity contribution in [3.05, 3.63) is 50.9 Å². The summed E-state index contributed by atoms with van der Waals surface area (Å²) < 4.78 is 0.